The fourth-order valence-electron chi connectivity index (χ4n) is 1.96. The summed E-state index contributed by atoms with van der Waals surface area (Å²) in [5.41, 5.74) is 0.226. The van der Waals surface area contributed by atoms with E-state index in [4.69, 9.17) is 26.2 Å². The Kier molecular flexibility index (Phi) is 7.65. The number of rotatable bonds is 10. The van der Waals surface area contributed by atoms with E-state index in [1.807, 2.05) is 19.1 Å². The number of hydrogen-bond acceptors (Lipinski definition) is 4. The molecule has 130 valence electrons. The second-order valence-electron chi connectivity index (χ2n) is 6.07. The molecular weight excluding hydrogens is 318 g/mol. The van der Waals surface area contributed by atoms with Crippen LogP contribution in [0.25, 0.3) is 0 Å². The monoisotopic (exact) mass is 343 g/mol. The smallest absolute Gasteiger partial charge is 0.309 e. The average Bonchev–Trinajstić information content (AvgIpc) is 2.49. The third-order valence-corrected chi connectivity index (χ3v) is 3.86. The highest BCUT2D eigenvalue weighted by Crippen LogP contribution is 2.36. The van der Waals surface area contributed by atoms with Gasteiger partial charge in [0.1, 0.15) is 0 Å². The first-order chi connectivity index (χ1) is 10.8. The first-order valence-electron chi connectivity index (χ1n) is 7.75. The maximum absolute atomic E-state index is 11.1. The van der Waals surface area contributed by atoms with Crippen LogP contribution >= 0.6 is 11.6 Å². The van der Waals surface area contributed by atoms with Crippen molar-refractivity contribution in [3.8, 4) is 11.5 Å². The standard InChI is InChI=1S/C17H26ClNO4/c1-5-8-23-15-13(18)9-12(10-14(15)22-4)11-19-7-6-17(2,3)16(20)21/h9-10,19H,5-8,11H2,1-4H3,(H,20,21). The summed E-state index contributed by atoms with van der Waals surface area (Å²) in [6, 6.07) is 3.72. The number of ether oxygens (including phenoxy) is 2. The third-order valence-electron chi connectivity index (χ3n) is 3.57. The van der Waals surface area contributed by atoms with Crippen molar-refractivity contribution >= 4 is 17.6 Å². The number of nitrogens with one attached hydrogen (secondary N) is 1. The number of aliphatic carboxylic acids is 1. The summed E-state index contributed by atoms with van der Waals surface area (Å²) in [7, 11) is 1.58. The predicted octanol–water partition coefficient (Wildman–Crippen LogP) is 3.73. The molecule has 0 radical (unpaired) electrons. The van der Waals surface area contributed by atoms with Crippen LogP contribution < -0.4 is 14.8 Å². The number of methoxy groups -OCH3 is 1. The molecule has 2 N–H and O–H groups in total. The largest absolute Gasteiger partial charge is 0.493 e. The highest BCUT2D eigenvalue weighted by molar-refractivity contribution is 6.32. The lowest BCUT2D eigenvalue weighted by molar-refractivity contribution is -0.147. The van der Waals surface area contributed by atoms with Gasteiger partial charge in [0, 0.05) is 6.54 Å². The quantitative estimate of drug-likeness (QED) is 0.633. The SMILES string of the molecule is CCCOc1c(Cl)cc(CNCCC(C)(C)C(=O)O)cc1OC. The van der Waals surface area contributed by atoms with Crippen LogP contribution in [-0.2, 0) is 11.3 Å². The molecule has 23 heavy (non-hydrogen) atoms. The minimum Gasteiger partial charge on any atom is -0.493 e. The van der Waals surface area contributed by atoms with E-state index in [2.05, 4.69) is 5.32 Å². The van der Waals surface area contributed by atoms with E-state index in [1.54, 1.807) is 21.0 Å². The van der Waals surface area contributed by atoms with Gasteiger partial charge in [0.2, 0.25) is 0 Å². The summed E-state index contributed by atoms with van der Waals surface area (Å²) in [5.74, 6) is 0.377. The zero-order valence-corrected chi connectivity index (χ0v) is 15.0. The van der Waals surface area contributed by atoms with Crippen molar-refractivity contribution in [2.24, 2.45) is 5.41 Å². The maximum Gasteiger partial charge on any atom is 0.309 e. The van der Waals surface area contributed by atoms with Crippen molar-refractivity contribution in [1.82, 2.24) is 5.32 Å². The Morgan fingerprint density at radius 2 is 2.09 bits per heavy atom. The van der Waals surface area contributed by atoms with Gasteiger partial charge in [-0.1, -0.05) is 18.5 Å². The van der Waals surface area contributed by atoms with E-state index in [1.165, 1.54) is 0 Å². The summed E-state index contributed by atoms with van der Waals surface area (Å²) in [6.45, 7) is 7.23. The molecule has 0 unspecified atom stereocenters. The van der Waals surface area contributed by atoms with E-state index >= 15 is 0 Å². The van der Waals surface area contributed by atoms with Crippen molar-refractivity contribution < 1.29 is 19.4 Å². The maximum atomic E-state index is 11.1. The van der Waals surface area contributed by atoms with Crippen LogP contribution in [0.5, 0.6) is 11.5 Å². The van der Waals surface area contributed by atoms with Gasteiger partial charge >= 0.3 is 5.97 Å². The summed E-state index contributed by atoms with van der Waals surface area (Å²) in [5, 5.41) is 12.8. The fraction of sp³-hybridized carbons (Fsp3) is 0.588. The van der Waals surface area contributed by atoms with Gasteiger partial charge in [0.05, 0.1) is 24.2 Å². The molecule has 0 saturated heterocycles. The zero-order chi connectivity index (χ0) is 17.5. The summed E-state index contributed by atoms with van der Waals surface area (Å²) < 4.78 is 11.0. The van der Waals surface area contributed by atoms with E-state index in [0.29, 0.717) is 42.6 Å². The van der Waals surface area contributed by atoms with Crippen molar-refractivity contribution in [1.29, 1.82) is 0 Å². The Bertz CT molecular complexity index is 532. The molecule has 0 spiro atoms. The topological polar surface area (TPSA) is 67.8 Å². The number of carbonyl (C=O) groups is 1. The van der Waals surface area contributed by atoms with Crippen molar-refractivity contribution in [3.63, 3.8) is 0 Å². The van der Waals surface area contributed by atoms with E-state index in [-0.39, 0.29) is 0 Å². The highest BCUT2D eigenvalue weighted by atomic mass is 35.5. The highest BCUT2D eigenvalue weighted by Gasteiger charge is 2.26. The molecule has 0 saturated carbocycles. The lowest BCUT2D eigenvalue weighted by atomic mass is 9.90. The molecular formula is C17H26ClNO4. The van der Waals surface area contributed by atoms with Gasteiger partial charge in [0.15, 0.2) is 11.5 Å². The molecule has 0 amide bonds. The second-order valence-corrected chi connectivity index (χ2v) is 6.48. The van der Waals surface area contributed by atoms with Gasteiger partial charge < -0.3 is 19.9 Å². The molecule has 0 bridgehead atoms. The second kappa shape index (κ2) is 8.99. The molecule has 0 aliphatic rings. The van der Waals surface area contributed by atoms with Crippen LogP contribution in [0.3, 0.4) is 0 Å². The molecule has 0 aliphatic heterocycles. The average molecular weight is 344 g/mol. The number of carboxylic acid groups (broad SMARTS) is 1. The summed E-state index contributed by atoms with van der Waals surface area (Å²) in [4.78, 5) is 11.1. The van der Waals surface area contributed by atoms with Crippen LogP contribution in [-0.4, -0.2) is 31.3 Å². The van der Waals surface area contributed by atoms with Crippen LogP contribution in [0, 0.1) is 5.41 Å². The Hall–Kier alpha value is -1.46. The van der Waals surface area contributed by atoms with Gasteiger partial charge in [-0.15, -0.1) is 0 Å². The normalized spacial score (nSPS) is 11.3. The molecule has 0 fully saturated rings. The molecule has 1 aromatic carbocycles. The molecule has 1 aromatic rings. The van der Waals surface area contributed by atoms with Crippen molar-refractivity contribution in [3.05, 3.63) is 22.7 Å². The summed E-state index contributed by atoms with van der Waals surface area (Å²) in [6.07, 6.45) is 1.44. The Morgan fingerprint density at radius 3 is 2.65 bits per heavy atom. The summed E-state index contributed by atoms with van der Waals surface area (Å²) >= 11 is 6.27. The fourth-order valence-corrected chi connectivity index (χ4v) is 2.25. The van der Waals surface area contributed by atoms with Gasteiger partial charge in [-0.3, -0.25) is 4.79 Å². The third kappa shape index (κ3) is 5.92. The number of carboxylic acids is 1. The van der Waals surface area contributed by atoms with Gasteiger partial charge in [-0.05, 0) is 50.9 Å². The lowest BCUT2D eigenvalue weighted by Crippen LogP contribution is -2.28. The molecule has 5 nitrogen and oxygen atoms in total. The Morgan fingerprint density at radius 1 is 1.39 bits per heavy atom. The molecule has 0 atom stereocenters. The van der Waals surface area contributed by atoms with Crippen LogP contribution in [0.2, 0.25) is 5.02 Å². The van der Waals surface area contributed by atoms with E-state index < -0.39 is 11.4 Å². The molecule has 0 heterocycles. The van der Waals surface area contributed by atoms with E-state index in [0.717, 1.165) is 12.0 Å². The lowest BCUT2D eigenvalue weighted by Gasteiger charge is -2.19. The number of halogens is 1. The molecule has 0 aliphatic carbocycles. The Labute approximate surface area is 142 Å². The number of benzene rings is 1. The first-order valence-corrected chi connectivity index (χ1v) is 8.13. The predicted molar refractivity (Wildman–Crippen MR) is 91.5 cm³/mol. The van der Waals surface area contributed by atoms with Crippen LogP contribution in [0.4, 0.5) is 0 Å². The van der Waals surface area contributed by atoms with Gasteiger partial charge in [-0.2, -0.15) is 0 Å². The Balaban J connectivity index is 2.64. The zero-order valence-electron chi connectivity index (χ0n) is 14.2. The minimum atomic E-state index is -0.790. The molecule has 0 aromatic heterocycles. The van der Waals surface area contributed by atoms with Gasteiger partial charge in [0.25, 0.3) is 0 Å². The molecule has 6 heteroatoms. The van der Waals surface area contributed by atoms with Gasteiger partial charge in [-0.25, -0.2) is 0 Å². The minimum absolute atomic E-state index is 0.514. The van der Waals surface area contributed by atoms with Crippen molar-refractivity contribution in [2.75, 3.05) is 20.3 Å². The van der Waals surface area contributed by atoms with Crippen molar-refractivity contribution in [2.45, 2.75) is 40.2 Å². The van der Waals surface area contributed by atoms with E-state index in [9.17, 15) is 4.79 Å². The number of hydrogen-bond donors (Lipinski definition) is 2. The molecule has 1 rings (SSSR count). The first kappa shape index (κ1) is 19.6. The van der Waals surface area contributed by atoms with Crippen LogP contribution in [0.15, 0.2) is 12.1 Å². The van der Waals surface area contributed by atoms with Crippen LogP contribution in [0.1, 0.15) is 39.2 Å².